The molecule has 0 saturated carbocycles. The Morgan fingerprint density at radius 2 is 0.470 bits per heavy atom. The van der Waals surface area contributed by atoms with Crippen LogP contribution in [0.5, 0.6) is 0 Å². The number of fused-ring (bicyclic) bond motifs is 12. The van der Waals surface area contributed by atoms with Crippen LogP contribution in [0.3, 0.4) is 0 Å². The summed E-state index contributed by atoms with van der Waals surface area (Å²) in [5.41, 5.74) is 19.6. The highest BCUT2D eigenvalue weighted by Gasteiger charge is 2.24. The first kappa shape index (κ1) is 57.7. The Labute approximate surface area is 575 Å². The molecule has 0 bridgehead atoms. The summed E-state index contributed by atoms with van der Waals surface area (Å²) in [7, 11) is 0. The van der Waals surface area contributed by atoms with E-state index in [4.69, 9.17) is 29.9 Å². The van der Waals surface area contributed by atoms with E-state index in [1.54, 1.807) is 0 Å². The molecule has 20 aromatic rings. The molecule has 100 heavy (non-hydrogen) atoms. The lowest BCUT2D eigenvalue weighted by Gasteiger charge is -2.11. The van der Waals surface area contributed by atoms with E-state index >= 15 is 0 Å². The maximum atomic E-state index is 5.12. The van der Waals surface area contributed by atoms with E-state index in [1.165, 1.54) is 43.6 Å². The van der Waals surface area contributed by atoms with Crippen LogP contribution in [0.2, 0.25) is 0 Å². The van der Waals surface area contributed by atoms with Gasteiger partial charge in [-0.15, -0.1) is 0 Å². The van der Waals surface area contributed by atoms with Gasteiger partial charge in [0.15, 0.2) is 23.3 Å². The van der Waals surface area contributed by atoms with Crippen LogP contribution >= 0.6 is 0 Å². The Morgan fingerprint density at radius 3 is 0.890 bits per heavy atom. The lowest BCUT2D eigenvalue weighted by molar-refractivity contribution is 0.953. The summed E-state index contributed by atoms with van der Waals surface area (Å²) in [6.07, 6.45) is 0. The number of benzene rings is 14. The molecule has 0 aliphatic rings. The summed E-state index contributed by atoms with van der Waals surface area (Å²) in [6, 6.07) is 123. The first-order valence-electron chi connectivity index (χ1n) is 33.6. The molecule has 0 amide bonds. The van der Waals surface area contributed by atoms with Gasteiger partial charge in [-0.1, -0.05) is 273 Å². The predicted octanol–water partition coefficient (Wildman–Crippen LogP) is 22.1. The van der Waals surface area contributed by atoms with Crippen molar-refractivity contribution in [2.45, 2.75) is 0 Å². The molecule has 10 heteroatoms. The van der Waals surface area contributed by atoms with Gasteiger partial charge in [0.05, 0.1) is 44.1 Å². The zero-order valence-corrected chi connectivity index (χ0v) is 54.0. The fraction of sp³-hybridized carbons (Fsp3) is 0. The largest absolute Gasteiger partial charge is 0.309 e. The monoisotopic (exact) mass is 1280 g/mol. The van der Waals surface area contributed by atoms with Gasteiger partial charge < -0.3 is 9.13 Å². The number of rotatable bonds is 10. The minimum Gasteiger partial charge on any atom is -0.309 e. The molecule has 468 valence electrons. The zero-order valence-electron chi connectivity index (χ0n) is 54.0. The summed E-state index contributed by atoms with van der Waals surface area (Å²) in [6.45, 7) is 0. The average molecular weight is 1280 g/mol. The number of hydrogen-bond donors (Lipinski definition) is 0. The second-order valence-electron chi connectivity index (χ2n) is 25.0. The number of hydrogen-bond acceptors (Lipinski definition) is 6. The van der Waals surface area contributed by atoms with Crippen LogP contribution in [0.1, 0.15) is 0 Å². The fourth-order valence-electron chi connectivity index (χ4n) is 14.7. The highest BCUT2D eigenvalue weighted by molar-refractivity contribution is 6.19. The molecule has 10 nitrogen and oxygen atoms in total. The smallest absolute Gasteiger partial charge is 0.238 e. The fourth-order valence-corrected chi connectivity index (χ4v) is 14.7. The van der Waals surface area contributed by atoms with E-state index in [-0.39, 0.29) is 0 Å². The molecular formula is C90H58N10. The number of para-hydroxylation sites is 6. The molecule has 14 aromatic carbocycles. The molecule has 0 spiro atoms. The summed E-state index contributed by atoms with van der Waals surface area (Å²) in [5, 5.41) is 9.54. The minimum absolute atomic E-state index is 0.584. The van der Waals surface area contributed by atoms with Crippen molar-refractivity contribution in [3.63, 3.8) is 0 Å². The van der Waals surface area contributed by atoms with Crippen molar-refractivity contribution in [1.29, 1.82) is 0 Å². The SMILES string of the molecule is c1ccc(-c2nc(-c3ccccc3)nc(-n3c4ccccc4c4c(-c5ccc6c(c5)c5ccccc5n6-c5ccccc5)cccc43)n2)cc1.c1ccc(-c2nc(-c3ccccc3)nc(-n3c4ccccc4c4c(-c5ccc6c7ccccc7n(-c7ccccc7)c6c5)cccc43)n2)cc1. The van der Waals surface area contributed by atoms with Crippen LogP contribution in [0.4, 0.5) is 0 Å². The van der Waals surface area contributed by atoms with Crippen molar-refractivity contribution in [2.24, 2.45) is 0 Å². The van der Waals surface area contributed by atoms with Gasteiger partial charge in [-0.2, -0.15) is 19.9 Å². The third-order valence-corrected chi connectivity index (χ3v) is 19.2. The van der Waals surface area contributed by atoms with Gasteiger partial charge in [0.1, 0.15) is 0 Å². The lowest BCUT2D eigenvalue weighted by atomic mass is 9.98. The third kappa shape index (κ3) is 9.80. The van der Waals surface area contributed by atoms with Gasteiger partial charge in [0, 0.05) is 76.7 Å². The van der Waals surface area contributed by atoms with Crippen LogP contribution in [-0.4, -0.2) is 48.2 Å². The van der Waals surface area contributed by atoms with E-state index < -0.39 is 0 Å². The molecule has 6 heterocycles. The van der Waals surface area contributed by atoms with Gasteiger partial charge in [0.2, 0.25) is 11.9 Å². The Kier molecular flexibility index (Phi) is 14.0. The second kappa shape index (κ2) is 24.2. The Bertz CT molecular complexity index is 6380. The lowest BCUT2D eigenvalue weighted by Crippen LogP contribution is -2.06. The average Bonchev–Trinajstić information content (AvgIpc) is 1.58. The highest BCUT2D eigenvalue weighted by Crippen LogP contribution is 2.44. The standard InChI is InChI=1S/2C45H29N5/c1-4-15-30(16-5-1)43-46-44(31-17-6-2-7-18-31)48-45(47-43)50-39-25-13-11-22-37(39)42-34(23-14-26-40(42)50)32-27-28-36-35-21-10-12-24-38(35)49(41(36)29-32)33-19-8-3-9-20-33;1-4-15-30(16-5-1)43-46-44(31-17-6-2-7-18-31)48-45(47-43)50-39-25-13-11-22-36(39)42-34(23-14-26-41(42)50)32-27-28-40-37(29-32)35-21-10-12-24-38(35)49(40)33-19-8-3-9-20-33/h2*1-29H. The molecule has 20 rings (SSSR count). The van der Waals surface area contributed by atoms with E-state index in [0.29, 0.717) is 35.2 Å². The molecule has 0 aliphatic heterocycles. The molecule has 0 aliphatic carbocycles. The van der Waals surface area contributed by atoms with Gasteiger partial charge in [-0.05, 0) is 101 Å². The van der Waals surface area contributed by atoms with E-state index in [1.807, 2.05) is 121 Å². The van der Waals surface area contributed by atoms with Crippen molar-refractivity contribution in [1.82, 2.24) is 48.2 Å². The molecular weight excluding hydrogens is 1220 g/mol. The maximum absolute atomic E-state index is 5.12. The first-order chi connectivity index (χ1) is 49.6. The van der Waals surface area contributed by atoms with E-state index in [0.717, 1.165) is 99.5 Å². The van der Waals surface area contributed by atoms with Gasteiger partial charge >= 0.3 is 0 Å². The van der Waals surface area contributed by atoms with Crippen molar-refractivity contribution in [3.8, 4) is 91.1 Å². The van der Waals surface area contributed by atoms with Crippen molar-refractivity contribution in [2.75, 3.05) is 0 Å². The summed E-state index contributed by atoms with van der Waals surface area (Å²) in [5.74, 6) is 3.71. The normalized spacial score (nSPS) is 11.6. The van der Waals surface area contributed by atoms with Crippen molar-refractivity contribution < 1.29 is 0 Å². The quantitative estimate of drug-likeness (QED) is 0.135. The second-order valence-corrected chi connectivity index (χ2v) is 25.0. The Balaban J connectivity index is 0.000000139. The van der Waals surface area contributed by atoms with Crippen LogP contribution < -0.4 is 0 Å². The van der Waals surface area contributed by atoms with Gasteiger partial charge in [-0.25, -0.2) is 9.97 Å². The predicted molar refractivity (Wildman–Crippen MR) is 410 cm³/mol. The minimum atomic E-state index is 0.584. The molecule has 0 radical (unpaired) electrons. The molecule has 0 fully saturated rings. The third-order valence-electron chi connectivity index (χ3n) is 19.2. The molecule has 0 unspecified atom stereocenters. The molecule has 0 saturated heterocycles. The molecule has 0 atom stereocenters. The highest BCUT2D eigenvalue weighted by atomic mass is 15.2. The Hall–Kier alpha value is -13.7. The van der Waals surface area contributed by atoms with E-state index in [9.17, 15) is 0 Å². The van der Waals surface area contributed by atoms with Crippen LogP contribution in [0, 0.1) is 0 Å². The van der Waals surface area contributed by atoms with Gasteiger partial charge in [0.25, 0.3) is 0 Å². The maximum Gasteiger partial charge on any atom is 0.238 e. The zero-order chi connectivity index (χ0) is 66.0. The molecule has 0 N–H and O–H groups in total. The van der Waals surface area contributed by atoms with Crippen LogP contribution in [0.25, 0.3) is 178 Å². The van der Waals surface area contributed by atoms with Crippen molar-refractivity contribution >= 4 is 87.2 Å². The topological polar surface area (TPSA) is 97.1 Å². The van der Waals surface area contributed by atoms with E-state index in [2.05, 4.69) is 249 Å². The van der Waals surface area contributed by atoms with Crippen LogP contribution in [0.15, 0.2) is 352 Å². The molecule has 6 aromatic heterocycles. The summed E-state index contributed by atoms with van der Waals surface area (Å²) < 4.78 is 9.11. The van der Waals surface area contributed by atoms with Crippen molar-refractivity contribution in [3.05, 3.63) is 352 Å². The summed E-state index contributed by atoms with van der Waals surface area (Å²) in [4.78, 5) is 30.4. The van der Waals surface area contributed by atoms with Gasteiger partial charge in [-0.3, -0.25) is 9.13 Å². The number of nitrogens with zero attached hydrogens (tertiary/aromatic N) is 10. The Morgan fingerprint density at radius 1 is 0.170 bits per heavy atom. The van der Waals surface area contributed by atoms with Crippen LogP contribution in [-0.2, 0) is 0 Å². The first-order valence-corrected chi connectivity index (χ1v) is 33.6. The number of aromatic nitrogens is 10. The summed E-state index contributed by atoms with van der Waals surface area (Å²) >= 11 is 0.